The summed E-state index contributed by atoms with van der Waals surface area (Å²) in [5, 5.41) is 23.0. The molecule has 0 bridgehead atoms. The third-order valence-corrected chi connectivity index (χ3v) is 13.9. The molecule has 4 N–H and O–H groups in total. The molecule has 1 amide bonds. The second-order valence-electron chi connectivity index (χ2n) is 16.9. The van der Waals surface area contributed by atoms with E-state index in [1.807, 2.05) is 0 Å². The summed E-state index contributed by atoms with van der Waals surface area (Å²) in [7, 11) is 0. The van der Waals surface area contributed by atoms with Crippen molar-refractivity contribution in [2.24, 2.45) is 52.1 Å². The van der Waals surface area contributed by atoms with Crippen LogP contribution in [0, 0.1) is 56.5 Å². The number of carboxylic acids is 1. The number of nitro groups is 1. The molecule has 0 aliphatic heterocycles. The predicted molar refractivity (Wildman–Crippen MR) is 202 cm³/mol. The van der Waals surface area contributed by atoms with Gasteiger partial charge in [-0.1, -0.05) is 20.8 Å². The molecule has 4 fully saturated rings. The van der Waals surface area contributed by atoms with Crippen molar-refractivity contribution in [1.82, 2.24) is 5.32 Å². The van der Waals surface area contributed by atoms with Crippen LogP contribution in [0.15, 0.2) is 24.3 Å². The lowest BCUT2D eigenvalue weighted by Crippen LogP contribution is -2.54. The number of esters is 2. The quantitative estimate of drug-likeness (QED) is 0.0671. The third-order valence-electron chi connectivity index (χ3n) is 13.9. The van der Waals surface area contributed by atoms with Gasteiger partial charge in [-0.25, -0.2) is 4.79 Å². The Kier molecular flexibility index (Phi) is 14.7. The van der Waals surface area contributed by atoms with Crippen molar-refractivity contribution in [3.05, 3.63) is 39.9 Å². The number of non-ortho nitro benzene ring substituents is 1. The molecule has 0 heterocycles. The zero-order valence-corrected chi connectivity index (χ0v) is 32.7. The van der Waals surface area contributed by atoms with Crippen LogP contribution < -0.4 is 11.1 Å². The Balaban J connectivity index is 1.10. The number of nitrogens with two attached hydrogens (primary N) is 1. The number of fused-ring (bicyclic) bond motifs is 5. The maximum Gasteiger partial charge on any atom is 0.329 e. The van der Waals surface area contributed by atoms with Crippen LogP contribution in [0.5, 0.6) is 0 Å². The minimum absolute atomic E-state index is 0.0739. The zero-order chi connectivity index (χ0) is 39.8. The minimum Gasteiger partial charge on any atom is -0.481 e. The number of nitrogens with zero attached hydrogens (tertiary/aromatic N) is 1. The first-order valence-electron chi connectivity index (χ1n) is 20.3. The zero-order valence-electron chi connectivity index (χ0n) is 32.7. The molecule has 1 aromatic rings. The van der Waals surface area contributed by atoms with Gasteiger partial charge >= 0.3 is 17.9 Å². The lowest BCUT2D eigenvalue weighted by molar-refractivity contribution is -0.384. The van der Waals surface area contributed by atoms with Gasteiger partial charge in [0.2, 0.25) is 0 Å². The Labute approximate surface area is 324 Å². The largest absolute Gasteiger partial charge is 0.481 e. The highest BCUT2D eigenvalue weighted by molar-refractivity contribution is 5.97. The van der Waals surface area contributed by atoms with Crippen LogP contribution in [0.2, 0.25) is 0 Å². The first kappa shape index (κ1) is 42.5. The molecule has 306 valence electrons. The van der Waals surface area contributed by atoms with Crippen molar-refractivity contribution < 1.29 is 48.2 Å². The van der Waals surface area contributed by atoms with Gasteiger partial charge < -0.3 is 35.1 Å². The molecular formula is C41H61N3O11. The van der Waals surface area contributed by atoms with Crippen molar-refractivity contribution >= 4 is 29.5 Å². The molecule has 14 heteroatoms. The number of ether oxygens (including phenoxy) is 4. The number of amides is 1. The van der Waals surface area contributed by atoms with E-state index in [4.69, 9.17) is 24.7 Å². The minimum atomic E-state index is -1.39. The van der Waals surface area contributed by atoms with E-state index in [1.165, 1.54) is 49.9 Å². The fourth-order valence-corrected chi connectivity index (χ4v) is 11.1. The summed E-state index contributed by atoms with van der Waals surface area (Å²) in [6.45, 7) is 9.76. The lowest BCUT2D eigenvalue weighted by atomic mass is 9.44. The van der Waals surface area contributed by atoms with Crippen molar-refractivity contribution in [1.29, 1.82) is 0 Å². The fourth-order valence-electron chi connectivity index (χ4n) is 11.1. The third kappa shape index (κ3) is 10.2. The Morgan fingerprint density at radius 3 is 2.29 bits per heavy atom. The lowest BCUT2D eigenvalue weighted by Gasteiger charge is -2.61. The van der Waals surface area contributed by atoms with Gasteiger partial charge in [0.05, 0.1) is 37.8 Å². The number of hydrogen-bond donors (Lipinski definition) is 3. The highest BCUT2D eigenvalue weighted by Crippen LogP contribution is 2.68. The number of benzene rings is 1. The standard InChI is InChI=1S/C41H61N3O11/c1-26(4-13-37(47)54-23-22-53-21-20-52-19-18-42)32-11-12-33-31-10-7-28-24-30(14-16-40(28,2)34(31)15-17-41(32,33)3)55-39(49)35(25-36(45)46)43-38(48)27-5-8-29(9-6-27)44(50)51/h5-6,8-9,26,28,30-35H,4,7,10-25,42H2,1-3H3,(H,43,48)(H,45,46)/t26-,28-,30-,31+,32?,33+,34+,35+,40+,41-/m1/s1. The van der Waals surface area contributed by atoms with Crippen LogP contribution in [-0.4, -0.2) is 85.6 Å². The molecule has 0 radical (unpaired) electrons. The normalized spacial score (nSPS) is 30.8. The molecule has 0 saturated heterocycles. The number of hydrogen-bond acceptors (Lipinski definition) is 11. The van der Waals surface area contributed by atoms with E-state index in [0.29, 0.717) is 87.7 Å². The van der Waals surface area contributed by atoms with Gasteiger partial charge in [0.1, 0.15) is 18.8 Å². The van der Waals surface area contributed by atoms with E-state index in [1.54, 1.807) is 0 Å². The molecule has 14 nitrogen and oxygen atoms in total. The van der Waals surface area contributed by atoms with Gasteiger partial charge in [-0.3, -0.25) is 24.5 Å². The summed E-state index contributed by atoms with van der Waals surface area (Å²) in [6.07, 6.45) is 9.54. The van der Waals surface area contributed by atoms with E-state index in [2.05, 4.69) is 26.1 Å². The first-order valence-corrected chi connectivity index (χ1v) is 20.3. The molecule has 1 unspecified atom stereocenters. The Bertz CT molecular complexity index is 1510. The molecule has 10 atom stereocenters. The molecule has 1 aromatic carbocycles. The first-order chi connectivity index (χ1) is 26.3. The average Bonchev–Trinajstić information content (AvgIpc) is 3.52. The van der Waals surface area contributed by atoms with E-state index >= 15 is 0 Å². The van der Waals surface area contributed by atoms with Crippen molar-refractivity contribution in [2.75, 3.05) is 39.6 Å². The molecule has 4 saturated carbocycles. The number of carboxylic acid groups (broad SMARTS) is 1. The van der Waals surface area contributed by atoms with E-state index in [0.717, 1.165) is 25.7 Å². The smallest absolute Gasteiger partial charge is 0.329 e. The molecule has 0 aromatic heterocycles. The predicted octanol–water partition coefficient (Wildman–Crippen LogP) is 5.69. The molecule has 4 aliphatic carbocycles. The van der Waals surface area contributed by atoms with Crippen LogP contribution in [-0.2, 0) is 33.3 Å². The Morgan fingerprint density at radius 1 is 0.927 bits per heavy atom. The average molecular weight is 772 g/mol. The number of nitro benzene ring substituents is 1. The number of rotatable bonds is 19. The van der Waals surface area contributed by atoms with Gasteiger partial charge in [-0.2, -0.15) is 0 Å². The van der Waals surface area contributed by atoms with E-state index in [-0.39, 0.29) is 40.8 Å². The van der Waals surface area contributed by atoms with Gasteiger partial charge in [-0.15, -0.1) is 0 Å². The number of nitrogens with one attached hydrogen (secondary N) is 1. The maximum absolute atomic E-state index is 13.3. The summed E-state index contributed by atoms with van der Waals surface area (Å²) >= 11 is 0. The monoisotopic (exact) mass is 771 g/mol. The Hall–Kier alpha value is -3.62. The fraction of sp³-hybridized carbons (Fsp3) is 0.756. The van der Waals surface area contributed by atoms with E-state index < -0.39 is 35.2 Å². The van der Waals surface area contributed by atoms with Crippen molar-refractivity contribution in [3.63, 3.8) is 0 Å². The Morgan fingerprint density at radius 2 is 1.60 bits per heavy atom. The van der Waals surface area contributed by atoms with Crippen molar-refractivity contribution in [2.45, 2.75) is 110 Å². The second kappa shape index (κ2) is 19.0. The SMILES string of the molecule is C[C@H](CCC(=O)OCCOCCOCCN)C1CC[C@H]2[C@@H]3CC[C@@H]4C[C@H](OC(=O)[C@H](CC(=O)O)NC(=O)c5ccc([N+](=O)[O-])cc5)CC[C@]4(C)[C@H]3CC[C@]12C. The summed E-state index contributed by atoms with van der Waals surface area (Å²) in [5.41, 5.74) is 5.66. The maximum atomic E-state index is 13.3. The van der Waals surface area contributed by atoms with Gasteiger partial charge in [0.15, 0.2) is 0 Å². The van der Waals surface area contributed by atoms with E-state index in [9.17, 15) is 34.4 Å². The van der Waals surface area contributed by atoms with Crippen LogP contribution >= 0.6 is 0 Å². The molecule has 4 aliphatic rings. The summed E-state index contributed by atoms with van der Waals surface area (Å²) in [6, 6.07) is 3.49. The van der Waals surface area contributed by atoms with Crippen LogP contribution in [0.4, 0.5) is 5.69 Å². The molecule has 5 rings (SSSR count). The highest BCUT2D eigenvalue weighted by Gasteiger charge is 2.60. The van der Waals surface area contributed by atoms with Crippen molar-refractivity contribution in [3.8, 4) is 0 Å². The summed E-state index contributed by atoms with van der Waals surface area (Å²) in [4.78, 5) is 60.8. The van der Waals surface area contributed by atoms with Gasteiger partial charge in [0.25, 0.3) is 11.6 Å². The number of aliphatic carboxylic acids is 1. The number of carbonyl (C=O) groups excluding carboxylic acids is 3. The summed E-state index contributed by atoms with van der Waals surface area (Å²) in [5.74, 6) is 0.374. The summed E-state index contributed by atoms with van der Waals surface area (Å²) < 4.78 is 22.1. The highest BCUT2D eigenvalue weighted by atomic mass is 16.6. The topological polar surface area (TPSA) is 207 Å². The van der Waals surface area contributed by atoms with Crippen LogP contribution in [0.25, 0.3) is 0 Å². The van der Waals surface area contributed by atoms with Gasteiger partial charge in [-0.05, 0) is 123 Å². The molecular weight excluding hydrogens is 710 g/mol. The van der Waals surface area contributed by atoms with Gasteiger partial charge in [0, 0.05) is 30.7 Å². The van der Waals surface area contributed by atoms with Crippen LogP contribution in [0.1, 0.15) is 108 Å². The molecule has 0 spiro atoms. The molecule has 55 heavy (non-hydrogen) atoms. The number of carbonyl (C=O) groups is 4. The second-order valence-corrected chi connectivity index (χ2v) is 16.9. The van der Waals surface area contributed by atoms with Crippen LogP contribution in [0.3, 0.4) is 0 Å².